The normalized spacial score (nSPS) is 17.9. The van der Waals surface area contributed by atoms with Gasteiger partial charge in [0.15, 0.2) is 5.13 Å². The molecule has 6 heteroatoms. The minimum atomic E-state index is -0.271. The Kier molecular flexibility index (Phi) is 4.61. The molecule has 1 aromatic heterocycles. The number of aryl methyl sites for hydroxylation is 1. The Hall–Kier alpha value is -1.95. The van der Waals surface area contributed by atoms with Gasteiger partial charge in [0.1, 0.15) is 0 Å². The first kappa shape index (κ1) is 15.9. The first-order chi connectivity index (χ1) is 11.1. The van der Waals surface area contributed by atoms with E-state index >= 15 is 0 Å². The Balaban J connectivity index is 1.67. The summed E-state index contributed by atoms with van der Waals surface area (Å²) >= 11 is 1.47. The van der Waals surface area contributed by atoms with Gasteiger partial charge in [0.05, 0.1) is 16.1 Å². The molecule has 122 valence electrons. The van der Waals surface area contributed by atoms with Crippen molar-refractivity contribution in [3.05, 3.63) is 23.8 Å². The highest BCUT2D eigenvalue weighted by Gasteiger charge is 2.34. The third kappa shape index (κ3) is 3.37. The van der Waals surface area contributed by atoms with E-state index in [1.54, 1.807) is 4.90 Å². The molecule has 0 saturated carbocycles. The molecule has 0 spiro atoms. The summed E-state index contributed by atoms with van der Waals surface area (Å²) in [6.45, 7) is 5.38. The maximum atomic E-state index is 12.4. The van der Waals surface area contributed by atoms with Crippen molar-refractivity contribution < 1.29 is 9.59 Å². The van der Waals surface area contributed by atoms with E-state index in [-0.39, 0.29) is 17.7 Å². The molecule has 2 heterocycles. The van der Waals surface area contributed by atoms with Crippen LogP contribution in [0.4, 0.5) is 5.13 Å². The van der Waals surface area contributed by atoms with Crippen LogP contribution in [0.2, 0.25) is 0 Å². The lowest BCUT2D eigenvalue weighted by atomic mass is 10.1. The Morgan fingerprint density at radius 1 is 1.48 bits per heavy atom. The summed E-state index contributed by atoms with van der Waals surface area (Å²) in [5.41, 5.74) is 2.03. The van der Waals surface area contributed by atoms with E-state index in [0.29, 0.717) is 18.1 Å². The molecule has 2 aromatic rings. The smallest absolute Gasteiger partial charge is 0.231 e. The number of fused-ring (bicyclic) bond motifs is 1. The SMILES string of the molecule is CCCCN1CC(C(=O)Nc2nc3c(C)cccc3s2)CC1=O. The van der Waals surface area contributed by atoms with Crippen molar-refractivity contribution in [2.45, 2.75) is 33.1 Å². The van der Waals surface area contributed by atoms with Gasteiger partial charge >= 0.3 is 0 Å². The number of nitrogens with zero attached hydrogens (tertiary/aromatic N) is 2. The average Bonchev–Trinajstić information content (AvgIpc) is 3.09. The number of rotatable bonds is 5. The summed E-state index contributed by atoms with van der Waals surface area (Å²) in [6.07, 6.45) is 2.34. The summed E-state index contributed by atoms with van der Waals surface area (Å²) in [7, 11) is 0. The maximum absolute atomic E-state index is 12.4. The third-order valence-electron chi connectivity index (χ3n) is 4.22. The molecule has 1 aliphatic heterocycles. The van der Waals surface area contributed by atoms with Crippen LogP contribution in [0.1, 0.15) is 31.7 Å². The molecule has 0 radical (unpaired) electrons. The molecule has 2 amide bonds. The summed E-state index contributed by atoms with van der Waals surface area (Å²) in [6, 6.07) is 6.00. The van der Waals surface area contributed by atoms with Gasteiger partial charge < -0.3 is 10.2 Å². The van der Waals surface area contributed by atoms with Gasteiger partial charge in [0, 0.05) is 19.5 Å². The fourth-order valence-electron chi connectivity index (χ4n) is 2.86. The zero-order chi connectivity index (χ0) is 16.4. The number of carbonyl (C=O) groups is 2. The Morgan fingerprint density at radius 2 is 2.30 bits per heavy atom. The maximum Gasteiger partial charge on any atom is 0.231 e. The van der Waals surface area contributed by atoms with Crippen molar-refractivity contribution in [2.24, 2.45) is 5.92 Å². The number of hydrogen-bond acceptors (Lipinski definition) is 4. The number of carbonyl (C=O) groups excluding carboxylic acids is 2. The van der Waals surface area contributed by atoms with E-state index in [9.17, 15) is 9.59 Å². The number of aromatic nitrogens is 1. The summed E-state index contributed by atoms with van der Waals surface area (Å²) < 4.78 is 1.06. The quantitative estimate of drug-likeness (QED) is 0.915. The minimum absolute atomic E-state index is 0.0822. The molecular weight excluding hydrogens is 310 g/mol. The lowest BCUT2D eigenvalue weighted by molar-refractivity contribution is -0.128. The Labute approximate surface area is 139 Å². The fourth-order valence-corrected chi connectivity index (χ4v) is 3.81. The second-order valence-electron chi connectivity index (χ2n) is 6.02. The van der Waals surface area contributed by atoms with Crippen LogP contribution in [0, 0.1) is 12.8 Å². The highest BCUT2D eigenvalue weighted by atomic mass is 32.1. The van der Waals surface area contributed by atoms with Gasteiger partial charge in [0.25, 0.3) is 0 Å². The monoisotopic (exact) mass is 331 g/mol. The summed E-state index contributed by atoms with van der Waals surface area (Å²) in [4.78, 5) is 30.7. The first-order valence-corrected chi connectivity index (χ1v) is 8.85. The second-order valence-corrected chi connectivity index (χ2v) is 7.05. The minimum Gasteiger partial charge on any atom is -0.342 e. The molecule has 1 saturated heterocycles. The number of para-hydroxylation sites is 1. The van der Waals surface area contributed by atoms with Crippen molar-refractivity contribution in [3.63, 3.8) is 0 Å². The van der Waals surface area contributed by atoms with Gasteiger partial charge in [0.2, 0.25) is 11.8 Å². The number of unbranched alkanes of at least 4 members (excludes halogenated alkanes) is 1. The number of benzene rings is 1. The van der Waals surface area contributed by atoms with E-state index in [0.717, 1.165) is 35.2 Å². The van der Waals surface area contributed by atoms with Crippen LogP contribution in [0.15, 0.2) is 18.2 Å². The average molecular weight is 331 g/mol. The van der Waals surface area contributed by atoms with Gasteiger partial charge in [-0.2, -0.15) is 0 Å². The van der Waals surface area contributed by atoms with Crippen LogP contribution in [0.5, 0.6) is 0 Å². The van der Waals surface area contributed by atoms with Crippen LogP contribution in [-0.4, -0.2) is 34.8 Å². The van der Waals surface area contributed by atoms with Gasteiger partial charge in [-0.05, 0) is 25.0 Å². The van der Waals surface area contributed by atoms with Crippen molar-refractivity contribution in [3.8, 4) is 0 Å². The second kappa shape index (κ2) is 6.66. The number of nitrogens with one attached hydrogen (secondary N) is 1. The summed E-state index contributed by atoms with van der Waals surface area (Å²) in [5, 5.41) is 3.50. The van der Waals surface area contributed by atoms with Crippen molar-refractivity contribution in [1.82, 2.24) is 9.88 Å². The molecular formula is C17H21N3O2S. The zero-order valence-electron chi connectivity index (χ0n) is 13.5. The van der Waals surface area contributed by atoms with E-state index in [1.165, 1.54) is 11.3 Å². The predicted octanol–water partition coefficient (Wildman–Crippen LogP) is 3.19. The third-order valence-corrected chi connectivity index (χ3v) is 5.15. The molecule has 3 rings (SSSR count). The lowest BCUT2D eigenvalue weighted by Crippen LogP contribution is -2.29. The number of anilines is 1. The van der Waals surface area contributed by atoms with Gasteiger partial charge in [-0.3, -0.25) is 9.59 Å². The topological polar surface area (TPSA) is 62.3 Å². The largest absolute Gasteiger partial charge is 0.342 e. The number of amides is 2. The van der Waals surface area contributed by atoms with Crippen LogP contribution in [0.25, 0.3) is 10.2 Å². The summed E-state index contributed by atoms with van der Waals surface area (Å²) in [5.74, 6) is -0.291. The van der Waals surface area contributed by atoms with Crippen molar-refractivity contribution in [2.75, 3.05) is 18.4 Å². The molecule has 1 aliphatic rings. The van der Waals surface area contributed by atoms with Crippen LogP contribution >= 0.6 is 11.3 Å². The van der Waals surface area contributed by atoms with Crippen LogP contribution < -0.4 is 5.32 Å². The molecule has 0 bridgehead atoms. The molecule has 23 heavy (non-hydrogen) atoms. The molecule has 5 nitrogen and oxygen atoms in total. The Bertz CT molecular complexity index is 741. The van der Waals surface area contributed by atoms with E-state index in [2.05, 4.69) is 17.2 Å². The van der Waals surface area contributed by atoms with E-state index in [4.69, 9.17) is 0 Å². The fraction of sp³-hybridized carbons (Fsp3) is 0.471. The highest BCUT2D eigenvalue weighted by Crippen LogP contribution is 2.29. The first-order valence-electron chi connectivity index (χ1n) is 8.03. The van der Waals surface area contributed by atoms with E-state index < -0.39 is 0 Å². The number of likely N-dealkylation sites (tertiary alicyclic amines) is 1. The van der Waals surface area contributed by atoms with Crippen molar-refractivity contribution >= 4 is 38.5 Å². The van der Waals surface area contributed by atoms with Gasteiger partial charge in [-0.1, -0.05) is 36.8 Å². The molecule has 1 fully saturated rings. The molecule has 1 atom stereocenters. The molecule has 1 unspecified atom stereocenters. The molecule has 0 aliphatic carbocycles. The number of thiazole rings is 1. The molecule has 1 N–H and O–H groups in total. The van der Waals surface area contributed by atoms with Crippen LogP contribution in [-0.2, 0) is 9.59 Å². The standard InChI is InChI=1S/C17H21N3O2S/c1-3-4-8-20-10-12(9-14(20)21)16(22)19-17-18-15-11(2)6-5-7-13(15)23-17/h5-7,12H,3-4,8-10H2,1-2H3,(H,18,19,22). The highest BCUT2D eigenvalue weighted by molar-refractivity contribution is 7.22. The number of hydrogen-bond donors (Lipinski definition) is 1. The van der Waals surface area contributed by atoms with E-state index in [1.807, 2.05) is 25.1 Å². The van der Waals surface area contributed by atoms with Crippen LogP contribution in [0.3, 0.4) is 0 Å². The zero-order valence-corrected chi connectivity index (χ0v) is 14.3. The van der Waals surface area contributed by atoms with Gasteiger partial charge in [-0.25, -0.2) is 4.98 Å². The Morgan fingerprint density at radius 3 is 3.04 bits per heavy atom. The van der Waals surface area contributed by atoms with Crippen molar-refractivity contribution in [1.29, 1.82) is 0 Å². The van der Waals surface area contributed by atoms with Gasteiger partial charge in [-0.15, -0.1) is 0 Å². The predicted molar refractivity (Wildman–Crippen MR) is 92.6 cm³/mol. The molecule has 1 aromatic carbocycles. The lowest BCUT2D eigenvalue weighted by Gasteiger charge is -2.15.